The number of nitrogens with zero attached hydrogens (tertiary/aromatic N) is 2. The van der Waals surface area contributed by atoms with Crippen LogP contribution in [0.15, 0.2) is 55.3 Å². The fourth-order valence-electron chi connectivity index (χ4n) is 4.00. The predicted octanol–water partition coefficient (Wildman–Crippen LogP) is 3.95. The van der Waals surface area contributed by atoms with E-state index in [2.05, 4.69) is 67.1 Å². The number of nitrogens with one attached hydrogen (secondary N) is 1. The van der Waals surface area contributed by atoms with E-state index in [4.69, 9.17) is 9.72 Å². The van der Waals surface area contributed by atoms with E-state index in [9.17, 15) is 0 Å². The van der Waals surface area contributed by atoms with Gasteiger partial charge >= 0.3 is 0 Å². The molecule has 2 aliphatic rings. The Hall–Kier alpha value is -2.59. The molecule has 27 heavy (non-hydrogen) atoms. The molecule has 1 aromatic heterocycles. The van der Waals surface area contributed by atoms with Crippen LogP contribution in [0.2, 0.25) is 0 Å². The van der Waals surface area contributed by atoms with Crippen molar-refractivity contribution < 1.29 is 4.74 Å². The van der Waals surface area contributed by atoms with E-state index in [1.807, 2.05) is 12.3 Å². The molecule has 2 aliphatic heterocycles. The lowest BCUT2D eigenvalue weighted by atomic mass is 9.88. The number of fused-ring (bicyclic) bond motifs is 1. The molecular formula is C23H27N3O. The van der Waals surface area contributed by atoms with Gasteiger partial charge in [0.05, 0.1) is 11.4 Å². The van der Waals surface area contributed by atoms with Crippen LogP contribution in [0.3, 0.4) is 0 Å². The van der Waals surface area contributed by atoms with Crippen molar-refractivity contribution in [3.63, 3.8) is 0 Å². The zero-order chi connectivity index (χ0) is 18.9. The van der Waals surface area contributed by atoms with Crippen LogP contribution >= 0.6 is 0 Å². The molecule has 2 aromatic rings. The molecule has 1 aromatic carbocycles. The molecule has 140 valence electrons. The maximum absolute atomic E-state index is 6.37. The van der Waals surface area contributed by atoms with Gasteiger partial charge in [-0.1, -0.05) is 30.8 Å². The van der Waals surface area contributed by atoms with Gasteiger partial charge in [-0.05, 0) is 44.2 Å². The Kier molecular flexibility index (Phi) is 4.75. The summed E-state index contributed by atoms with van der Waals surface area (Å²) in [5, 5.41) is 3.43. The molecule has 4 rings (SSSR count). The van der Waals surface area contributed by atoms with Crippen LogP contribution in [0.1, 0.15) is 37.1 Å². The Balaban J connectivity index is 1.71. The Morgan fingerprint density at radius 1 is 1.22 bits per heavy atom. The Labute approximate surface area is 161 Å². The highest BCUT2D eigenvalue weighted by molar-refractivity contribution is 5.85. The lowest BCUT2D eigenvalue weighted by molar-refractivity contribution is 0.138. The molecule has 1 unspecified atom stereocenters. The maximum Gasteiger partial charge on any atom is 0.142 e. The number of benzene rings is 1. The lowest BCUT2D eigenvalue weighted by Gasteiger charge is -2.33. The number of pyridine rings is 1. The molecule has 4 heteroatoms. The van der Waals surface area contributed by atoms with Gasteiger partial charge in [0.2, 0.25) is 0 Å². The normalized spacial score (nSPS) is 20.7. The first-order valence-electron chi connectivity index (χ1n) is 9.78. The number of hydrogen-bond donors (Lipinski definition) is 1. The van der Waals surface area contributed by atoms with Crippen LogP contribution in [-0.2, 0) is 0 Å². The smallest absolute Gasteiger partial charge is 0.142 e. The third-order valence-electron chi connectivity index (χ3n) is 5.56. The van der Waals surface area contributed by atoms with Crippen molar-refractivity contribution in [1.29, 1.82) is 0 Å². The molecule has 0 aliphatic carbocycles. The summed E-state index contributed by atoms with van der Waals surface area (Å²) >= 11 is 0. The zero-order valence-corrected chi connectivity index (χ0v) is 16.2. The number of para-hydroxylation sites is 1. The Bertz CT molecular complexity index is 859. The number of ether oxygens (including phenoxy) is 1. The molecule has 0 radical (unpaired) electrons. The molecule has 1 spiro atoms. The summed E-state index contributed by atoms with van der Waals surface area (Å²) in [6.07, 6.45) is 5.23. The summed E-state index contributed by atoms with van der Waals surface area (Å²) in [4.78, 5) is 6.95. The second-order valence-corrected chi connectivity index (χ2v) is 7.20. The average molecular weight is 361 g/mol. The standard InChI is InChI=1S/C23H27N3O/c1-4-26(5-2)17(3)21-11-10-18(15-25-21)20-14-23(12-13-24-16-23)27-22-9-7-6-8-19(20)22/h6-11,14-15,24H,3-5,12-13,16H2,1-2H3. The maximum atomic E-state index is 6.37. The first-order valence-corrected chi connectivity index (χ1v) is 9.78. The minimum Gasteiger partial charge on any atom is -0.481 e. The minimum absolute atomic E-state index is 0.257. The third-order valence-corrected chi connectivity index (χ3v) is 5.56. The second kappa shape index (κ2) is 7.20. The van der Waals surface area contributed by atoms with Gasteiger partial charge in [-0.15, -0.1) is 0 Å². The van der Waals surface area contributed by atoms with Crippen molar-refractivity contribution in [1.82, 2.24) is 15.2 Å². The molecule has 1 N–H and O–H groups in total. The van der Waals surface area contributed by atoms with Crippen molar-refractivity contribution in [3.05, 3.63) is 72.1 Å². The first-order chi connectivity index (χ1) is 13.2. The van der Waals surface area contributed by atoms with E-state index in [-0.39, 0.29) is 5.60 Å². The van der Waals surface area contributed by atoms with Gasteiger partial charge in [0.1, 0.15) is 11.4 Å². The SMILES string of the molecule is C=C(c1ccc(C2=CC3(CCNC3)Oc3ccccc32)cn1)N(CC)CC. The summed E-state index contributed by atoms with van der Waals surface area (Å²) in [5.74, 6) is 0.954. The van der Waals surface area contributed by atoms with Crippen molar-refractivity contribution in [2.75, 3.05) is 26.2 Å². The highest BCUT2D eigenvalue weighted by Gasteiger charge is 2.38. The Morgan fingerprint density at radius 2 is 2.04 bits per heavy atom. The van der Waals surface area contributed by atoms with Crippen LogP contribution < -0.4 is 10.1 Å². The van der Waals surface area contributed by atoms with Crippen LogP contribution in [0.5, 0.6) is 5.75 Å². The highest BCUT2D eigenvalue weighted by Crippen LogP contribution is 2.41. The van der Waals surface area contributed by atoms with E-state index in [1.54, 1.807) is 0 Å². The number of rotatable bonds is 5. The van der Waals surface area contributed by atoms with Crippen molar-refractivity contribution in [3.8, 4) is 5.75 Å². The van der Waals surface area contributed by atoms with Crippen LogP contribution in [0.4, 0.5) is 0 Å². The summed E-state index contributed by atoms with van der Waals surface area (Å²) in [6.45, 7) is 12.2. The third kappa shape index (κ3) is 3.26. The van der Waals surface area contributed by atoms with Gasteiger partial charge in [-0.25, -0.2) is 0 Å². The van der Waals surface area contributed by atoms with Gasteiger partial charge in [-0.2, -0.15) is 0 Å². The fourth-order valence-corrected chi connectivity index (χ4v) is 4.00. The lowest BCUT2D eigenvalue weighted by Crippen LogP contribution is -2.38. The van der Waals surface area contributed by atoms with Crippen LogP contribution in [-0.4, -0.2) is 41.7 Å². The average Bonchev–Trinajstić information content (AvgIpc) is 3.15. The summed E-state index contributed by atoms with van der Waals surface area (Å²) in [6, 6.07) is 12.5. The molecule has 0 amide bonds. The minimum atomic E-state index is -0.257. The molecule has 1 atom stereocenters. The zero-order valence-electron chi connectivity index (χ0n) is 16.2. The molecule has 0 saturated carbocycles. The summed E-state index contributed by atoms with van der Waals surface area (Å²) in [7, 11) is 0. The molecular weight excluding hydrogens is 334 g/mol. The topological polar surface area (TPSA) is 37.4 Å². The quantitative estimate of drug-likeness (QED) is 0.875. The predicted molar refractivity (Wildman–Crippen MR) is 111 cm³/mol. The van der Waals surface area contributed by atoms with Crippen molar-refractivity contribution >= 4 is 11.3 Å². The van der Waals surface area contributed by atoms with Gasteiger partial charge < -0.3 is 15.0 Å². The van der Waals surface area contributed by atoms with Gasteiger partial charge in [-0.3, -0.25) is 4.98 Å². The molecule has 0 bridgehead atoms. The van der Waals surface area contributed by atoms with E-state index in [1.165, 1.54) is 5.57 Å². The van der Waals surface area contributed by atoms with E-state index in [0.717, 1.165) is 60.9 Å². The molecule has 4 nitrogen and oxygen atoms in total. The first kappa shape index (κ1) is 17.8. The largest absolute Gasteiger partial charge is 0.481 e. The van der Waals surface area contributed by atoms with Crippen LogP contribution in [0.25, 0.3) is 11.3 Å². The monoisotopic (exact) mass is 361 g/mol. The van der Waals surface area contributed by atoms with Gasteiger partial charge in [0, 0.05) is 43.4 Å². The highest BCUT2D eigenvalue weighted by atomic mass is 16.5. The molecule has 1 fully saturated rings. The number of aromatic nitrogens is 1. The van der Waals surface area contributed by atoms with Crippen LogP contribution in [0, 0.1) is 0 Å². The summed E-state index contributed by atoms with van der Waals surface area (Å²) < 4.78 is 6.37. The number of hydrogen-bond acceptors (Lipinski definition) is 4. The van der Waals surface area contributed by atoms with E-state index < -0.39 is 0 Å². The van der Waals surface area contributed by atoms with Gasteiger partial charge in [0.25, 0.3) is 0 Å². The summed E-state index contributed by atoms with van der Waals surface area (Å²) in [5.41, 5.74) is 5.10. The molecule has 1 saturated heterocycles. The van der Waals surface area contributed by atoms with Crippen molar-refractivity contribution in [2.24, 2.45) is 0 Å². The van der Waals surface area contributed by atoms with Gasteiger partial charge in [0.15, 0.2) is 0 Å². The van der Waals surface area contributed by atoms with E-state index in [0.29, 0.717) is 0 Å². The van der Waals surface area contributed by atoms with E-state index >= 15 is 0 Å². The molecule has 3 heterocycles. The van der Waals surface area contributed by atoms with Crippen molar-refractivity contribution in [2.45, 2.75) is 25.9 Å². The second-order valence-electron chi connectivity index (χ2n) is 7.20. The Morgan fingerprint density at radius 3 is 2.70 bits per heavy atom. The fraction of sp³-hybridized carbons (Fsp3) is 0.348.